The van der Waals surface area contributed by atoms with Crippen LogP contribution < -0.4 is 5.32 Å². The van der Waals surface area contributed by atoms with Crippen molar-refractivity contribution in [3.05, 3.63) is 23.3 Å². The Kier molecular flexibility index (Phi) is 6.01. The van der Waals surface area contributed by atoms with Crippen molar-refractivity contribution < 1.29 is 17.9 Å². The predicted octanol–water partition coefficient (Wildman–Crippen LogP) is 2.45. The van der Waals surface area contributed by atoms with Crippen molar-refractivity contribution in [1.82, 2.24) is 4.31 Å². The lowest BCUT2D eigenvalue weighted by atomic mass is 10.1. The first kappa shape index (κ1) is 18.9. The van der Waals surface area contributed by atoms with Crippen molar-refractivity contribution >= 4 is 21.6 Å². The number of carbonyl (C=O) groups excluding carboxylic acids is 1. The van der Waals surface area contributed by atoms with Crippen LogP contribution in [0.15, 0.2) is 17.0 Å². The molecule has 7 heteroatoms. The quantitative estimate of drug-likeness (QED) is 0.851. The Morgan fingerprint density at radius 3 is 2.62 bits per heavy atom. The average Bonchev–Trinajstić information content (AvgIpc) is 3.02. The van der Waals surface area contributed by atoms with E-state index in [-0.39, 0.29) is 16.9 Å². The van der Waals surface area contributed by atoms with Crippen LogP contribution in [0.3, 0.4) is 0 Å². The molecule has 1 amide bonds. The van der Waals surface area contributed by atoms with Gasteiger partial charge in [0.25, 0.3) is 0 Å². The standard InChI is InChI=1S/C17H26N2O4S/c1-12-10-15(24(21,22)19(3)4)11-16(13(12)2)18-17(20)8-7-14-6-5-9-23-14/h10-11,14H,5-9H2,1-4H3,(H,18,20). The lowest BCUT2D eigenvalue weighted by Gasteiger charge is -2.16. The van der Waals surface area contributed by atoms with Crippen LogP contribution in [0, 0.1) is 13.8 Å². The first-order valence-corrected chi connectivity index (χ1v) is 9.61. The van der Waals surface area contributed by atoms with E-state index in [1.54, 1.807) is 6.07 Å². The molecular formula is C17H26N2O4S. The van der Waals surface area contributed by atoms with Gasteiger partial charge in [-0.2, -0.15) is 0 Å². The zero-order valence-corrected chi connectivity index (χ0v) is 15.6. The highest BCUT2D eigenvalue weighted by Gasteiger charge is 2.21. The Morgan fingerprint density at radius 1 is 1.33 bits per heavy atom. The number of rotatable bonds is 6. The molecule has 1 heterocycles. The monoisotopic (exact) mass is 354 g/mol. The molecule has 1 atom stereocenters. The SMILES string of the molecule is Cc1cc(S(=O)(=O)N(C)C)cc(NC(=O)CCC2CCCO2)c1C. The number of benzene rings is 1. The van der Waals surface area contributed by atoms with Gasteiger partial charge >= 0.3 is 0 Å². The third kappa shape index (κ3) is 4.34. The van der Waals surface area contributed by atoms with Crippen LogP contribution in [0.25, 0.3) is 0 Å². The van der Waals surface area contributed by atoms with Crippen molar-refractivity contribution in [2.24, 2.45) is 0 Å². The molecule has 1 fully saturated rings. The first-order chi connectivity index (χ1) is 11.2. The number of hydrogen-bond donors (Lipinski definition) is 1. The summed E-state index contributed by atoms with van der Waals surface area (Å²) in [4.78, 5) is 12.4. The minimum Gasteiger partial charge on any atom is -0.378 e. The Labute approximate surface area is 144 Å². The van der Waals surface area contributed by atoms with Crippen LogP contribution in [0.2, 0.25) is 0 Å². The van der Waals surface area contributed by atoms with Gasteiger partial charge in [0.2, 0.25) is 15.9 Å². The molecule has 24 heavy (non-hydrogen) atoms. The van der Waals surface area contributed by atoms with Gasteiger partial charge in [-0.1, -0.05) is 0 Å². The summed E-state index contributed by atoms with van der Waals surface area (Å²) in [6, 6.07) is 3.16. The maximum absolute atomic E-state index is 12.3. The fourth-order valence-corrected chi connectivity index (χ4v) is 3.71. The molecule has 1 N–H and O–H groups in total. The molecule has 1 unspecified atom stereocenters. The van der Waals surface area contributed by atoms with Gasteiger partial charge in [-0.15, -0.1) is 0 Å². The van der Waals surface area contributed by atoms with E-state index in [1.165, 1.54) is 24.5 Å². The molecule has 1 saturated heterocycles. The lowest BCUT2D eigenvalue weighted by Crippen LogP contribution is -2.23. The van der Waals surface area contributed by atoms with Gasteiger partial charge in [-0.3, -0.25) is 4.79 Å². The summed E-state index contributed by atoms with van der Waals surface area (Å²) >= 11 is 0. The maximum atomic E-state index is 12.3. The van der Waals surface area contributed by atoms with E-state index in [2.05, 4.69) is 5.32 Å². The van der Waals surface area contributed by atoms with Crippen LogP contribution in [-0.2, 0) is 19.6 Å². The molecule has 1 aliphatic rings. The number of anilines is 1. The van der Waals surface area contributed by atoms with Crippen LogP contribution >= 0.6 is 0 Å². The number of carbonyl (C=O) groups is 1. The van der Waals surface area contributed by atoms with E-state index in [1.807, 2.05) is 13.8 Å². The molecule has 2 rings (SSSR count). The second-order valence-electron chi connectivity index (χ2n) is 6.42. The highest BCUT2D eigenvalue weighted by Crippen LogP contribution is 2.26. The second-order valence-corrected chi connectivity index (χ2v) is 8.57. The van der Waals surface area contributed by atoms with Crippen molar-refractivity contribution in [2.75, 3.05) is 26.0 Å². The van der Waals surface area contributed by atoms with E-state index < -0.39 is 10.0 Å². The van der Waals surface area contributed by atoms with Crippen LogP contribution in [0.4, 0.5) is 5.69 Å². The normalized spacial score (nSPS) is 18.1. The van der Waals surface area contributed by atoms with Crippen molar-refractivity contribution in [2.45, 2.75) is 50.5 Å². The molecule has 0 spiro atoms. The summed E-state index contributed by atoms with van der Waals surface area (Å²) in [5, 5.41) is 2.85. The van der Waals surface area contributed by atoms with Crippen molar-refractivity contribution in [3.8, 4) is 0 Å². The molecule has 1 aromatic carbocycles. The number of aryl methyl sites for hydroxylation is 1. The molecule has 6 nitrogen and oxygen atoms in total. The Balaban J connectivity index is 2.14. The summed E-state index contributed by atoms with van der Waals surface area (Å²) in [6.45, 7) is 4.48. The van der Waals surface area contributed by atoms with Crippen LogP contribution in [0.5, 0.6) is 0 Å². The van der Waals surface area contributed by atoms with E-state index in [9.17, 15) is 13.2 Å². The minimum atomic E-state index is -3.54. The Bertz CT molecular complexity index is 708. The van der Waals surface area contributed by atoms with E-state index in [4.69, 9.17) is 4.74 Å². The number of nitrogens with one attached hydrogen (secondary N) is 1. The molecular weight excluding hydrogens is 328 g/mol. The molecule has 1 aromatic rings. The van der Waals surface area contributed by atoms with Crippen LogP contribution in [0.1, 0.15) is 36.8 Å². The average molecular weight is 354 g/mol. The Morgan fingerprint density at radius 2 is 2.04 bits per heavy atom. The number of nitrogens with zero attached hydrogens (tertiary/aromatic N) is 1. The number of sulfonamides is 1. The second kappa shape index (κ2) is 7.63. The maximum Gasteiger partial charge on any atom is 0.242 e. The van der Waals surface area contributed by atoms with E-state index in [0.717, 1.165) is 30.6 Å². The topological polar surface area (TPSA) is 75.7 Å². The van der Waals surface area contributed by atoms with E-state index >= 15 is 0 Å². The number of hydrogen-bond acceptors (Lipinski definition) is 4. The third-order valence-corrected chi connectivity index (χ3v) is 6.20. The summed E-state index contributed by atoms with van der Waals surface area (Å²) in [5.41, 5.74) is 2.25. The molecule has 134 valence electrons. The fraction of sp³-hybridized carbons (Fsp3) is 0.588. The predicted molar refractivity (Wildman–Crippen MR) is 93.6 cm³/mol. The van der Waals surface area contributed by atoms with E-state index in [0.29, 0.717) is 18.5 Å². The van der Waals surface area contributed by atoms with Crippen molar-refractivity contribution in [1.29, 1.82) is 0 Å². The van der Waals surface area contributed by atoms with Gasteiger partial charge in [-0.05, 0) is 56.4 Å². The lowest BCUT2D eigenvalue weighted by molar-refractivity contribution is -0.116. The van der Waals surface area contributed by atoms with Gasteiger partial charge in [-0.25, -0.2) is 12.7 Å². The highest BCUT2D eigenvalue weighted by atomic mass is 32.2. The molecule has 1 aliphatic heterocycles. The summed E-state index contributed by atoms with van der Waals surface area (Å²) in [6.07, 6.45) is 3.28. The summed E-state index contributed by atoms with van der Waals surface area (Å²) < 4.78 is 31.3. The zero-order chi connectivity index (χ0) is 17.9. The molecule has 0 radical (unpaired) electrons. The van der Waals surface area contributed by atoms with Gasteiger partial charge in [0.1, 0.15) is 0 Å². The smallest absolute Gasteiger partial charge is 0.242 e. The van der Waals surface area contributed by atoms with Crippen molar-refractivity contribution in [3.63, 3.8) is 0 Å². The minimum absolute atomic E-state index is 0.118. The van der Waals surface area contributed by atoms with Gasteiger partial charge in [0, 0.05) is 32.8 Å². The first-order valence-electron chi connectivity index (χ1n) is 8.17. The summed E-state index contributed by atoms with van der Waals surface area (Å²) in [5.74, 6) is -0.118. The molecule has 0 aromatic heterocycles. The number of ether oxygens (including phenoxy) is 1. The van der Waals surface area contributed by atoms with Gasteiger partial charge < -0.3 is 10.1 Å². The third-order valence-electron chi connectivity index (χ3n) is 4.41. The zero-order valence-electron chi connectivity index (χ0n) is 14.8. The van der Waals surface area contributed by atoms with Gasteiger partial charge in [0.15, 0.2) is 0 Å². The highest BCUT2D eigenvalue weighted by molar-refractivity contribution is 7.89. The number of amides is 1. The molecule has 0 bridgehead atoms. The summed E-state index contributed by atoms with van der Waals surface area (Å²) in [7, 11) is -0.557. The van der Waals surface area contributed by atoms with Crippen LogP contribution in [-0.4, -0.2) is 45.4 Å². The Hall–Kier alpha value is -1.44. The molecule has 0 saturated carbocycles. The molecule has 0 aliphatic carbocycles. The fourth-order valence-electron chi connectivity index (χ4n) is 2.69. The largest absolute Gasteiger partial charge is 0.378 e. The van der Waals surface area contributed by atoms with Gasteiger partial charge in [0.05, 0.1) is 11.0 Å².